The standard InChI is InChI=1S/C17H18N8O/c1-4-25-14(5-9(2)23-25)17-20-16(21-22-17)11-6-10(15(18)26)7-13-12(11)8-19-24(13)3/h5-8H,4H2,1-3H3,(H2,18,26)(H,20,21,22). The molecule has 3 aromatic heterocycles. The van der Waals surface area contributed by atoms with Crippen molar-refractivity contribution in [3.63, 3.8) is 0 Å². The van der Waals surface area contributed by atoms with Gasteiger partial charge in [-0.1, -0.05) is 0 Å². The van der Waals surface area contributed by atoms with Crippen LogP contribution in [0.1, 0.15) is 23.0 Å². The number of aromatic nitrogens is 7. The molecule has 1 aromatic carbocycles. The van der Waals surface area contributed by atoms with Gasteiger partial charge in [-0.25, -0.2) is 0 Å². The molecule has 132 valence electrons. The predicted molar refractivity (Wildman–Crippen MR) is 96.2 cm³/mol. The summed E-state index contributed by atoms with van der Waals surface area (Å²) in [7, 11) is 1.81. The van der Waals surface area contributed by atoms with Gasteiger partial charge in [0.1, 0.15) is 5.69 Å². The summed E-state index contributed by atoms with van der Waals surface area (Å²) in [6.07, 6.45) is 1.73. The van der Waals surface area contributed by atoms with Crippen LogP contribution in [-0.4, -0.2) is 40.6 Å². The molecule has 4 aromatic rings. The molecule has 0 aliphatic carbocycles. The number of nitrogens with one attached hydrogen (secondary N) is 1. The number of nitrogens with two attached hydrogens (primary N) is 1. The van der Waals surface area contributed by atoms with Crippen LogP contribution in [0.15, 0.2) is 24.4 Å². The quantitative estimate of drug-likeness (QED) is 0.580. The van der Waals surface area contributed by atoms with E-state index in [2.05, 4.69) is 25.4 Å². The third-order valence-corrected chi connectivity index (χ3v) is 4.34. The minimum Gasteiger partial charge on any atom is -0.366 e. The first-order chi connectivity index (χ1) is 12.5. The summed E-state index contributed by atoms with van der Waals surface area (Å²) >= 11 is 0. The fourth-order valence-corrected chi connectivity index (χ4v) is 3.06. The number of hydrogen-bond acceptors (Lipinski definition) is 5. The fraction of sp³-hybridized carbons (Fsp3) is 0.235. The smallest absolute Gasteiger partial charge is 0.248 e. The molecule has 26 heavy (non-hydrogen) atoms. The van der Waals surface area contributed by atoms with Crippen LogP contribution in [0.2, 0.25) is 0 Å². The van der Waals surface area contributed by atoms with Crippen LogP contribution in [0, 0.1) is 6.92 Å². The molecule has 0 bridgehead atoms. The van der Waals surface area contributed by atoms with Crippen LogP contribution in [0.3, 0.4) is 0 Å². The number of rotatable bonds is 4. The van der Waals surface area contributed by atoms with Gasteiger partial charge in [-0.3, -0.25) is 14.2 Å². The molecule has 3 heterocycles. The summed E-state index contributed by atoms with van der Waals surface area (Å²) in [6.45, 7) is 4.67. The minimum absolute atomic E-state index is 0.392. The van der Waals surface area contributed by atoms with Crippen molar-refractivity contribution < 1.29 is 4.79 Å². The maximum atomic E-state index is 11.7. The molecule has 0 saturated carbocycles. The third kappa shape index (κ3) is 2.44. The zero-order valence-corrected chi connectivity index (χ0v) is 14.7. The Bertz CT molecular complexity index is 1130. The van der Waals surface area contributed by atoms with Gasteiger partial charge in [-0.15, -0.1) is 10.2 Å². The van der Waals surface area contributed by atoms with Crippen LogP contribution >= 0.6 is 0 Å². The number of benzene rings is 1. The Labute approximate surface area is 148 Å². The zero-order chi connectivity index (χ0) is 18.4. The number of H-pyrrole nitrogens is 1. The Morgan fingerprint density at radius 1 is 1.23 bits per heavy atom. The van der Waals surface area contributed by atoms with Gasteiger partial charge in [0.25, 0.3) is 0 Å². The van der Waals surface area contributed by atoms with Gasteiger partial charge in [0.2, 0.25) is 5.91 Å². The van der Waals surface area contributed by atoms with Gasteiger partial charge in [-0.2, -0.15) is 10.2 Å². The molecule has 0 spiro atoms. The molecule has 0 radical (unpaired) electrons. The number of carbonyl (C=O) groups excluding carboxylic acids is 1. The minimum atomic E-state index is -0.506. The summed E-state index contributed by atoms with van der Waals surface area (Å²) in [5, 5.41) is 18.1. The first-order valence-corrected chi connectivity index (χ1v) is 8.21. The maximum Gasteiger partial charge on any atom is 0.248 e. The third-order valence-electron chi connectivity index (χ3n) is 4.34. The van der Waals surface area contributed by atoms with Crippen molar-refractivity contribution in [2.24, 2.45) is 12.8 Å². The van der Waals surface area contributed by atoms with Gasteiger partial charge < -0.3 is 10.7 Å². The number of hydrogen-bond donors (Lipinski definition) is 2. The molecule has 9 nitrogen and oxygen atoms in total. The Morgan fingerprint density at radius 3 is 2.73 bits per heavy atom. The van der Waals surface area contributed by atoms with Crippen LogP contribution in [0.5, 0.6) is 0 Å². The average Bonchev–Trinajstić information content (AvgIpc) is 3.32. The van der Waals surface area contributed by atoms with Gasteiger partial charge in [0.05, 0.1) is 17.4 Å². The number of nitrogens with zero attached hydrogens (tertiary/aromatic N) is 6. The lowest BCUT2D eigenvalue weighted by Crippen LogP contribution is -2.11. The van der Waals surface area contributed by atoms with E-state index in [9.17, 15) is 4.79 Å². The van der Waals surface area contributed by atoms with Crippen molar-refractivity contribution in [1.82, 2.24) is 34.7 Å². The molecule has 0 saturated heterocycles. The molecule has 9 heteroatoms. The summed E-state index contributed by atoms with van der Waals surface area (Å²) in [4.78, 5) is 14.9. The van der Waals surface area contributed by atoms with E-state index < -0.39 is 5.91 Å². The lowest BCUT2D eigenvalue weighted by molar-refractivity contribution is 0.100. The molecule has 3 N–H and O–H groups in total. The molecule has 4 rings (SSSR count). The van der Waals surface area contributed by atoms with E-state index in [1.54, 1.807) is 23.0 Å². The van der Waals surface area contributed by atoms with E-state index in [0.717, 1.165) is 34.4 Å². The second kappa shape index (κ2) is 5.80. The fourth-order valence-electron chi connectivity index (χ4n) is 3.06. The lowest BCUT2D eigenvalue weighted by Gasteiger charge is -2.04. The SMILES string of the molecule is CCn1nc(C)cc1-c1nnc(-c2cc(C(N)=O)cc3c2cnn3C)[nH]1. The topological polar surface area (TPSA) is 120 Å². The predicted octanol–water partition coefficient (Wildman–Crippen LogP) is 1.65. The Kier molecular flexibility index (Phi) is 3.57. The number of aromatic amines is 1. The van der Waals surface area contributed by atoms with Gasteiger partial charge in [0.15, 0.2) is 11.6 Å². The molecule has 0 atom stereocenters. The van der Waals surface area contributed by atoms with Crippen molar-refractivity contribution in [2.75, 3.05) is 0 Å². The van der Waals surface area contributed by atoms with E-state index in [-0.39, 0.29) is 0 Å². The van der Waals surface area contributed by atoms with Crippen LogP contribution in [0.4, 0.5) is 0 Å². The number of fused-ring (bicyclic) bond motifs is 1. The molecular formula is C17H18N8O. The second-order valence-electron chi connectivity index (χ2n) is 6.10. The molecular weight excluding hydrogens is 332 g/mol. The van der Waals surface area contributed by atoms with Crippen molar-refractivity contribution in [2.45, 2.75) is 20.4 Å². The first kappa shape index (κ1) is 16.0. The number of aryl methyl sites for hydroxylation is 3. The van der Waals surface area contributed by atoms with E-state index in [1.165, 1.54) is 0 Å². The highest BCUT2D eigenvalue weighted by Crippen LogP contribution is 2.29. The number of primary amides is 1. The highest BCUT2D eigenvalue weighted by atomic mass is 16.1. The molecule has 0 fully saturated rings. The summed E-state index contributed by atoms with van der Waals surface area (Å²) in [6, 6.07) is 5.38. The number of carbonyl (C=O) groups is 1. The molecule has 1 amide bonds. The Balaban J connectivity index is 1.89. The normalized spacial score (nSPS) is 11.3. The lowest BCUT2D eigenvalue weighted by atomic mass is 10.1. The molecule has 0 aliphatic rings. The average molecular weight is 350 g/mol. The van der Waals surface area contributed by atoms with Gasteiger partial charge >= 0.3 is 0 Å². The van der Waals surface area contributed by atoms with E-state index >= 15 is 0 Å². The summed E-state index contributed by atoms with van der Waals surface area (Å²) in [5.41, 5.74) is 9.16. The van der Waals surface area contributed by atoms with Crippen molar-refractivity contribution in [3.05, 3.63) is 35.7 Å². The van der Waals surface area contributed by atoms with E-state index in [0.29, 0.717) is 17.2 Å². The van der Waals surface area contributed by atoms with Gasteiger partial charge in [-0.05, 0) is 32.0 Å². The van der Waals surface area contributed by atoms with Gasteiger partial charge in [0, 0.05) is 30.1 Å². The van der Waals surface area contributed by atoms with Crippen molar-refractivity contribution >= 4 is 16.8 Å². The molecule has 0 unspecified atom stereocenters. The first-order valence-electron chi connectivity index (χ1n) is 8.21. The highest BCUT2D eigenvalue weighted by Gasteiger charge is 2.17. The van der Waals surface area contributed by atoms with E-state index in [1.807, 2.05) is 31.6 Å². The number of amides is 1. The van der Waals surface area contributed by atoms with Crippen molar-refractivity contribution in [3.8, 4) is 22.9 Å². The Hall–Kier alpha value is -3.49. The summed E-state index contributed by atoms with van der Waals surface area (Å²) < 4.78 is 3.55. The Morgan fingerprint density at radius 2 is 2.00 bits per heavy atom. The van der Waals surface area contributed by atoms with Crippen LogP contribution in [-0.2, 0) is 13.6 Å². The monoisotopic (exact) mass is 350 g/mol. The van der Waals surface area contributed by atoms with Crippen molar-refractivity contribution in [1.29, 1.82) is 0 Å². The molecule has 0 aliphatic heterocycles. The van der Waals surface area contributed by atoms with Crippen LogP contribution < -0.4 is 5.73 Å². The van der Waals surface area contributed by atoms with Crippen LogP contribution in [0.25, 0.3) is 33.8 Å². The highest BCUT2D eigenvalue weighted by molar-refractivity contribution is 6.02. The van der Waals surface area contributed by atoms with E-state index in [4.69, 9.17) is 5.73 Å². The largest absolute Gasteiger partial charge is 0.366 e. The second-order valence-corrected chi connectivity index (χ2v) is 6.10. The maximum absolute atomic E-state index is 11.7. The summed E-state index contributed by atoms with van der Waals surface area (Å²) in [5.74, 6) is 0.653. The zero-order valence-electron chi connectivity index (χ0n) is 14.7.